The van der Waals surface area contributed by atoms with E-state index in [0.29, 0.717) is 5.92 Å². The summed E-state index contributed by atoms with van der Waals surface area (Å²) in [6.07, 6.45) is 2.72. The summed E-state index contributed by atoms with van der Waals surface area (Å²) in [5.41, 5.74) is 2.21. The summed E-state index contributed by atoms with van der Waals surface area (Å²) in [5, 5.41) is 3.37. The van der Waals surface area contributed by atoms with Gasteiger partial charge in [-0.15, -0.1) is 11.3 Å². The first-order valence-corrected chi connectivity index (χ1v) is 7.90. The van der Waals surface area contributed by atoms with Crippen LogP contribution in [0.25, 0.3) is 0 Å². The molecule has 0 bridgehead atoms. The molecular formula is C15H22N4S. The number of nitrogens with zero attached hydrogens (tertiary/aromatic N) is 4. The normalized spacial score (nSPS) is 11.5. The van der Waals surface area contributed by atoms with Crippen LogP contribution in [0.4, 0.5) is 0 Å². The molecule has 0 saturated carbocycles. The molecule has 2 rings (SSSR count). The van der Waals surface area contributed by atoms with Crippen LogP contribution in [0, 0.1) is 0 Å². The Morgan fingerprint density at radius 1 is 1.20 bits per heavy atom. The van der Waals surface area contributed by atoms with Gasteiger partial charge in [0.25, 0.3) is 0 Å². The van der Waals surface area contributed by atoms with Crippen molar-refractivity contribution in [2.45, 2.75) is 46.2 Å². The van der Waals surface area contributed by atoms with E-state index in [1.165, 1.54) is 5.01 Å². The number of aromatic nitrogens is 3. The van der Waals surface area contributed by atoms with Gasteiger partial charge in [0.15, 0.2) is 0 Å². The van der Waals surface area contributed by atoms with Crippen LogP contribution in [0.15, 0.2) is 17.6 Å². The Balaban J connectivity index is 1.95. The van der Waals surface area contributed by atoms with E-state index < -0.39 is 0 Å². The Bertz CT molecular complexity index is 550. The molecule has 2 aromatic heterocycles. The monoisotopic (exact) mass is 290 g/mol. The smallest absolute Gasteiger partial charge is 0.128 e. The Kier molecular flexibility index (Phi) is 5.20. The average Bonchev–Trinajstić information content (AvgIpc) is 2.87. The molecule has 0 spiro atoms. The second kappa shape index (κ2) is 6.90. The molecule has 0 N–H and O–H groups in total. The van der Waals surface area contributed by atoms with Crippen molar-refractivity contribution in [3.8, 4) is 0 Å². The van der Waals surface area contributed by atoms with Crippen molar-refractivity contribution in [2.75, 3.05) is 7.05 Å². The topological polar surface area (TPSA) is 41.9 Å². The van der Waals surface area contributed by atoms with E-state index in [0.717, 1.165) is 36.7 Å². The van der Waals surface area contributed by atoms with Crippen molar-refractivity contribution < 1.29 is 0 Å². The molecule has 0 amide bonds. The fourth-order valence-electron chi connectivity index (χ4n) is 1.97. The van der Waals surface area contributed by atoms with Crippen LogP contribution in [0.3, 0.4) is 0 Å². The minimum Gasteiger partial charge on any atom is -0.295 e. The quantitative estimate of drug-likeness (QED) is 0.819. The van der Waals surface area contributed by atoms with Gasteiger partial charge in [-0.3, -0.25) is 4.90 Å². The van der Waals surface area contributed by atoms with E-state index in [9.17, 15) is 0 Å². The SMILES string of the molecule is CCc1nccc(CN(C)Cc2csc(C(C)C)n2)n1. The van der Waals surface area contributed by atoms with E-state index in [1.54, 1.807) is 11.3 Å². The maximum atomic E-state index is 4.67. The zero-order valence-electron chi connectivity index (χ0n) is 12.6. The van der Waals surface area contributed by atoms with E-state index in [1.807, 2.05) is 12.3 Å². The first-order valence-electron chi connectivity index (χ1n) is 7.02. The van der Waals surface area contributed by atoms with Crippen LogP contribution >= 0.6 is 11.3 Å². The van der Waals surface area contributed by atoms with Gasteiger partial charge in [0, 0.05) is 37.0 Å². The van der Waals surface area contributed by atoms with Crippen molar-refractivity contribution in [3.63, 3.8) is 0 Å². The van der Waals surface area contributed by atoms with E-state index in [-0.39, 0.29) is 0 Å². The lowest BCUT2D eigenvalue weighted by atomic mass is 10.2. The van der Waals surface area contributed by atoms with Crippen molar-refractivity contribution in [2.24, 2.45) is 0 Å². The molecule has 0 saturated heterocycles. The third-order valence-electron chi connectivity index (χ3n) is 3.01. The maximum Gasteiger partial charge on any atom is 0.128 e. The van der Waals surface area contributed by atoms with Crippen LogP contribution in [0.1, 0.15) is 48.9 Å². The summed E-state index contributed by atoms with van der Waals surface area (Å²) in [5.74, 6) is 1.42. The highest BCUT2D eigenvalue weighted by Gasteiger charge is 2.09. The zero-order valence-corrected chi connectivity index (χ0v) is 13.4. The number of hydrogen-bond acceptors (Lipinski definition) is 5. The van der Waals surface area contributed by atoms with Crippen molar-refractivity contribution in [1.29, 1.82) is 0 Å². The van der Waals surface area contributed by atoms with Crippen molar-refractivity contribution in [1.82, 2.24) is 19.9 Å². The molecule has 2 aromatic rings. The van der Waals surface area contributed by atoms with Gasteiger partial charge < -0.3 is 0 Å². The summed E-state index contributed by atoms with van der Waals surface area (Å²) in [4.78, 5) is 15.7. The standard InChI is InChI=1S/C15H22N4S/c1-5-14-16-7-6-12(17-14)8-19(4)9-13-10-20-15(18-13)11(2)3/h6-7,10-11H,5,8-9H2,1-4H3. The van der Waals surface area contributed by atoms with Gasteiger partial charge in [-0.1, -0.05) is 20.8 Å². The predicted octanol–water partition coefficient (Wildman–Crippen LogP) is 3.25. The van der Waals surface area contributed by atoms with Gasteiger partial charge in [-0.05, 0) is 13.1 Å². The second-order valence-corrected chi connectivity index (χ2v) is 6.21. The predicted molar refractivity (Wildman–Crippen MR) is 82.8 cm³/mol. The van der Waals surface area contributed by atoms with Crippen molar-refractivity contribution >= 4 is 11.3 Å². The van der Waals surface area contributed by atoms with Crippen LogP contribution in [0.5, 0.6) is 0 Å². The number of rotatable bonds is 6. The third kappa shape index (κ3) is 4.08. The lowest BCUT2D eigenvalue weighted by molar-refractivity contribution is 0.311. The van der Waals surface area contributed by atoms with E-state index in [4.69, 9.17) is 0 Å². The second-order valence-electron chi connectivity index (χ2n) is 5.32. The largest absolute Gasteiger partial charge is 0.295 e. The molecule has 0 atom stereocenters. The van der Waals surface area contributed by atoms with E-state index in [2.05, 4.69) is 53.1 Å². The van der Waals surface area contributed by atoms with Gasteiger partial charge in [-0.25, -0.2) is 15.0 Å². The summed E-state index contributed by atoms with van der Waals surface area (Å²) in [7, 11) is 2.10. The van der Waals surface area contributed by atoms with Crippen molar-refractivity contribution in [3.05, 3.63) is 39.9 Å². The molecule has 2 heterocycles. The molecule has 0 aliphatic rings. The molecule has 0 aromatic carbocycles. The molecule has 0 aliphatic heterocycles. The fourth-order valence-corrected chi connectivity index (χ4v) is 2.80. The third-order valence-corrected chi connectivity index (χ3v) is 4.20. The first kappa shape index (κ1) is 15.1. The van der Waals surface area contributed by atoms with Gasteiger partial charge in [-0.2, -0.15) is 0 Å². The van der Waals surface area contributed by atoms with Crippen LogP contribution in [-0.2, 0) is 19.5 Å². The molecular weight excluding hydrogens is 268 g/mol. The van der Waals surface area contributed by atoms with Crippen LogP contribution in [-0.4, -0.2) is 26.9 Å². The van der Waals surface area contributed by atoms with E-state index >= 15 is 0 Å². The summed E-state index contributed by atoms with van der Waals surface area (Å²) < 4.78 is 0. The maximum absolute atomic E-state index is 4.67. The summed E-state index contributed by atoms with van der Waals surface area (Å²) >= 11 is 1.75. The highest BCUT2D eigenvalue weighted by Crippen LogP contribution is 2.20. The van der Waals surface area contributed by atoms with Crippen LogP contribution in [0.2, 0.25) is 0 Å². The highest BCUT2D eigenvalue weighted by molar-refractivity contribution is 7.09. The molecule has 4 nitrogen and oxygen atoms in total. The number of aryl methyl sites for hydroxylation is 1. The minimum absolute atomic E-state index is 0.507. The Morgan fingerprint density at radius 3 is 2.60 bits per heavy atom. The molecule has 0 radical (unpaired) electrons. The Morgan fingerprint density at radius 2 is 1.95 bits per heavy atom. The summed E-state index contributed by atoms with van der Waals surface area (Å²) in [6.45, 7) is 8.11. The molecule has 0 unspecified atom stereocenters. The van der Waals surface area contributed by atoms with Gasteiger partial charge in [0.2, 0.25) is 0 Å². The number of thiazole rings is 1. The Hall–Kier alpha value is -1.33. The average molecular weight is 290 g/mol. The summed E-state index contributed by atoms with van der Waals surface area (Å²) in [6, 6.07) is 1.98. The van der Waals surface area contributed by atoms with Crippen LogP contribution < -0.4 is 0 Å². The Labute approximate surface area is 124 Å². The molecule has 20 heavy (non-hydrogen) atoms. The minimum atomic E-state index is 0.507. The fraction of sp³-hybridized carbons (Fsp3) is 0.533. The molecule has 108 valence electrons. The lowest BCUT2D eigenvalue weighted by Crippen LogP contribution is -2.18. The number of hydrogen-bond donors (Lipinski definition) is 0. The zero-order chi connectivity index (χ0) is 14.5. The highest BCUT2D eigenvalue weighted by atomic mass is 32.1. The molecule has 0 aliphatic carbocycles. The van der Waals surface area contributed by atoms with Gasteiger partial charge >= 0.3 is 0 Å². The van der Waals surface area contributed by atoms with Gasteiger partial charge in [0.05, 0.1) is 16.4 Å². The molecule has 5 heteroatoms. The lowest BCUT2D eigenvalue weighted by Gasteiger charge is -2.14. The first-order chi connectivity index (χ1) is 9.58. The van der Waals surface area contributed by atoms with Gasteiger partial charge in [0.1, 0.15) is 5.82 Å². The molecule has 0 fully saturated rings.